The number of allylic oxidation sites excluding steroid dienone is 2. The molecule has 1 aromatic heterocycles. The van der Waals surface area contributed by atoms with Crippen molar-refractivity contribution in [3.8, 4) is 0 Å². The fourth-order valence-electron chi connectivity index (χ4n) is 7.02. The highest BCUT2D eigenvalue weighted by Crippen LogP contribution is 2.38. The van der Waals surface area contributed by atoms with Gasteiger partial charge in [-0.25, -0.2) is 0 Å². The molecule has 51 heavy (non-hydrogen) atoms. The number of benzene rings is 3. The summed E-state index contributed by atoms with van der Waals surface area (Å²) in [4.78, 5) is 29.6. The molecule has 1 saturated carbocycles. The molecule has 1 unspecified atom stereocenters. The first-order chi connectivity index (χ1) is 24.8. The average molecular weight is 694 g/mol. The monoisotopic (exact) mass is 693 g/mol. The maximum atomic E-state index is 13.1. The van der Waals surface area contributed by atoms with Crippen molar-refractivity contribution < 1.29 is 29.6 Å². The second-order valence-electron chi connectivity index (χ2n) is 13.7. The molecule has 4 aromatic rings. The zero-order valence-electron chi connectivity index (χ0n) is 29.1. The number of nitrogens with one attached hydrogen (secondary N) is 1. The largest absolute Gasteiger partial charge is 0.461 e. The Bertz CT molecular complexity index is 1710. The van der Waals surface area contributed by atoms with Crippen molar-refractivity contribution in [2.45, 2.75) is 88.6 Å². The Labute approximate surface area is 300 Å². The fraction of sp³-hybridized carbons (Fsp3) is 0.405. The second-order valence-corrected chi connectivity index (χ2v) is 13.7. The molecule has 0 spiro atoms. The first-order valence-corrected chi connectivity index (χ1v) is 18.1. The molecule has 0 saturated heterocycles. The normalized spacial score (nSPS) is 20.0. The number of carbonyl (C=O) groups is 2. The number of nitrogens with two attached hydrogens (primary N) is 1. The van der Waals surface area contributed by atoms with Crippen molar-refractivity contribution in [2.24, 2.45) is 17.6 Å². The molecule has 0 aliphatic heterocycles. The highest BCUT2D eigenvalue weighted by atomic mass is 16.5. The predicted octanol–water partition coefficient (Wildman–Crippen LogP) is 6.21. The molecule has 1 fully saturated rings. The van der Waals surface area contributed by atoms with Crippen LogP contribution in [0.25, 0.3) is 10.8 Å². The van der Waals surface area contributed by atoms with Gasteiger partial charge in [0.15, 0.2) is 0 Å². The van der Waals surface area contributed by atoms with Crippen molar-refractivity contribution >= 4 is 28.3 Å². The summed E-state index contributed by atoms with van der Waals surface area (Å²) in [5.41, 5.74) is 9.48. The maximum Gasteiger partial charge on any atom is 0.306 e. The second kappa shape index (κ2) is 19.3. The zero-order chi connectivity index (χ0) is 36.0. The number of rotatable bonds is 18. The topological polar surface area (TPSA) is 155 Å². The van der Waals surface area contributed by atoms with Crippen molar-refractivity contribution in [1.82, 2.24) is 4.98 Å². The third kappa shape index (κ3) is 11.3. The van der Waals surface area contributed by atoms with Crippen LogP contribution in [0, 0.1) is 11.8 Å². The Morgan fingerprint density at radius 3 is 2.49 bits per heavy atom. The van der Waals surface area contributed by atoms with E-state index >= 15 is 0 Å². The Morgan fingerprint density at radius 2 is 1.71 bits per heavy atom. The van der Waals surface area contributed by atoms with Crippen LogP contribution in [0.5, 0.6) is 0 Å². The zero-order valence-corrected chi connectivity index (χ0v) is 29.1. The molecule has 5 rings (SSSR count). The lowest BCUT2D eigenvalue weighted by molar-refractivity contribution is -0.145. The van der Waals surface area contributed by atoms with E-state index in [1.54, 1.807) is 12.4 Å². The molecule has 0 bridgehead atoms. The van der Waals surface area contributed by atoms with Gasteiger partial charge in [-0.15, -0.1) is 0 Å². The Hall–Kier alpha value is -4.41. The number of hydrogen-bond acceptors (Lipinski definition) is 8. The molecule has 9 nitrogen and oxygen atoms in total. The predicted molar refractivity (Wildman–Crippen MR) is 200 cm³/mol. The number of anilines is 1. The van der Waals surface area contributed by atoms with Crippen LogP contribution in [0.2, 0.25) is 0 Å². The van der Waals surface area contributed by atoms with Crippen LogP contribution in [0.1, 0.15) is 74.0 Å². The van der Waals surface area contributed by atoms with Crippen molar-refractivity contribution in [3.63, 3.8) is 0 Å². The van der Waals surface area contributed by atoms with E-state index in [1.807, 2.05) is 78.9 Å². The summed E-state index contributed by atoms with van der Waals surface area (Å²) in [6, 6.07) is 25.0. The minimum absolute atomic E-state index is 0.0491. The lowest BCUT2D eigenvalue weighted by Crippen LogP contribution is -2.27. The Morgan fingerprint density at radius 1 is 0.922 bits per heavy atom. The fourth-order valence-corrected chi connectivity index (χ4v) is 7.02. The summed E-state index contributed by atoms with van der Waals surface area (Å²) >= 11 is 0. The van der Waals surface area contributed by atoms with Crippen LogP contribution >= 0.6 is 0 Å². The number of fused-ring (bicyclic) bond motifs is 1. The van der Waals surface area contributed by atoms with Gasteiger partial charge < -0.3 is 31.1 Å². The number of aromatic nitrogens is 1. The van der Waals surface area contributed by atoms with E-state index in [2.05, 4.69) is 22.4 Å². The van der Waals surface area contributed by atoms with Gasteiger partial charge >= 0.3 is 5.97 Å². The standard InChI is InChI=1S/C42H51N3O6/c43-26-38(42(50)45-34-18-17-33-27-44-23-22-32(33)24-34)31-15-12-30(13-16-31)28-51-41(49)11-7-2-1-6-10-36-37(40(48)25-39(36)47)21-20-35(46)19-14-29-8-4-3-5-9-29/h1,3-6,8-9,12-13,15-18,22-24,27,35-40,46-48H,2,7,10-11,14,19-21,25-26,28,43H2,(H,45,50)/b6-1-/t35-,36+,37+,38?,39-,40+/m0/s1. The number of aryl methyl sites for hydroxylation is 1. The van der Waals surface area contributed by atoms with E-state index in [0.29, 0.717) is 50.6 Å². The first-order valence-electron chi connectivity index (χ1n) is 18.1. The molecule has 0 radical (unpaired) electrons. The molecule has 270 valence electrons. The van der Waals surface area contributed by atoms with Gasteiger partial charge in [0, 0.05) is 36.4 Å². The van der Waals surface area contributed by atoms with E-state index in [4.69, 9.17) is 10.5 Å². The van der Waals surface area contributed by atoms with Crippen LogP contribution in [0.3, 0.4) is 0 Å². The summed E-state index contributed by atoms with van der Waals surface area (Å²) in [5, 5.41) is 36.7. The molecular weight excluding hydrogens is 642 g/mol. The van der Waals surface area contributed by atoms with Gasteiger partial charge in [0.1, 0.15) is 6.61 Å². The van der Waals surface area contributed by atoms with Crippen LogP contribution in [0.15, 0.2) is 103 Å². The smallest absolute Gasteiger partial charge is 0.306 e. The van der Waals surface area contributed by atoms with Gasteiger partial charge in [-0.3, -0.25) is 14.6 Å². The van der Waals surface area contributed by atoms with Crippen LogP contribution in [-0.2, 0) is 27.4 Å². The maximum absolute atomic E-state index is 13.1. The number of unbranched alkanes of at least 4 members (excludes halogenated alkanes) is 1. The summed E-state index contributed by atoms with van der Waals surface area (Å²) in [6.45, 7) is 0.292. The van der Waals surface area contributed by atoms with E-state index in [9.17, 15) is 24.9 Å². The molecule has 1 aliphatic rings. The molecule has 3 aromatic carbocycles. The van der Waals surface area contributed by atoms with Gasteiger partial charge in [0.25, 0.3) is 0 Å². The number of aliphatic hydroxyl groups is 3. The third-order valence-electron chi connectivity index (χ3n) is 10.0. The lowest BCUT2D eigenvalue weighted by atomic mass is 9.85. The highest BCUT2D eigenvalue weighted by molar-refractivity contribution is 5.98. The molecular formula is C42H51N3O6. The molecule has 6 atom stereocenters. The Balaban J connectivity index is 0.983. The van der Waals surface area contributed by atoms with Gasteiger partial charge in [-0.2, -0.15) is 0 Å². The third-order valence-corrected chi connectivity index (χ3v) is 10.0. The quantitative estimate of drug-likeness (QED) is 0.0469. The minimum atomic E-state index is -0.563. The number of carbonyl (C=O) groups excluding carboxylic acids is 2. The molecule has 1 amide bonds. The number of amides is 1. The van der Waals surface area contributed by atoms with Crippen molar-refractivity contribution in [1.29, 1.82) is 0 Å². The molecule has 1 aliphatic carbocycles. The number of ether oxygens (including phenoxy) is 1. The van der Waals surface area contributed by atoms with Gasteiger partial charge in [0.05, 0.1) is 24.2 Å². The van der Waals surface area contributed by atoms with Gasteiger partial charge in [-0.1, -0.05) is 72.8 Å². The average Bonchev–Trinajstić information content (AvgIpc) is 3.42. The summed E-state index contributed by atoms with van der Waals surface area (Å²) in [5.74, 6) is -1.10. The highest BCUT2D eigenvalue weighted by Gasteiger charge is 2.40. The van der Waals surface area contributed by atoms with Gasteiger partial charge in [0.2, 0.25) is 5.91 Å². The molecule has 6 N–H and O–H groups in total. The Kier molecular flexibility index (Phi) is 14.3. The number of pyridine rings is 1. The molecule has 1 heterocycles. The molecule has 9 heteroatoms. The SMILES string of the molecule is NCC(C(=O)Nc1ccc2cnccc2c1)c1ccc(COC(=O)CCC/C=C\C[C@@H]2[C@@H](CC[C@@H](O)CCc3ccccc3)[C@H](O)C[C@@H]2O)cc1. The van der Waals surface area contributed by atoms with E-state index in [1.165, 1.54) is 5.56 Å². The summed E-state index contributed by atoms with van der Waals surface area (Å²) in [6.07, 6.45) is 11.4. The van der Waals surface area contributed by atoms with Crippen LogP contribution in [0.4, 0.5) is 5.69 Å². The van der Waals surface area contributed by atoms with Crippen molar-refractivity contribution in [3.05, 3.63) is 120 Å². The number of nitrogens with zero attached hydrogens (tertiary/aromatic N) is 1. The lowest BCUT2D eigenvalue weighted by Gasteiger charge is -2.23. The van der Waals surface area contributed by atoms with Crippen LogP contribution < -0.4 is 11.1 Å². The number of esters is 1. The van der Waals surface area contributed by atoms with Gasteiger partial charge in [-0.05, 0) is 103 Å². The number of aliphatic hydroxyl groups excluding tert-OH is 3. The van der Waals surface area contributed by atoms with E-state index < -0.39 is 24.2 Å². The minimum Gasteiger partial charge on any atom is -0.461 e. The number of hydrogen-bond donors (Lipinski definition) is 5. The summed E-state index contributed by atoms with van der Waals surface area (Å²) in [7, 11) is 0. The van der Waals surface area contributed by atoms with Crippen LogP contribution in [-0.4, -0.2) is 57.0 Å². The first kappa shape index (κ1) is 37.8. The summed E-state index contributed by atoms with van der Waals surface area (Å²) < 4.78 is 5.48. The van der Waals surface area contributed by atoms with E-state index in [-0.39, 0.29) is 43.3 Å². The van der Waals surface area contributed by atoms with Crippen molar-refractivity contribution in [2.75, 3.05) is 11.9 Å². The van der Waals surface area contributed by atoms with E-state index in [0.717, 1.165) is 28.3 Å².